The number of carbonyl (C=O) groups is 6. The highest BCUT2D eigenvalue weighted by Crippen LogP contribution is 2.22. The van der Waals surface area contributed by atoms with E-state index in [1.807, 2.05) is 0 Å². The molecule has 1 aromatic rings. The minimum Gasteiger partial charge on any atom is -0.480 e. The van der Waals surface area contributed by atoms with Crippen molar-refractivity contribution in [3.05, 3.63) is 53.8 Å². The van der Waals surface area contributed by atoms with Gasteiger partial charge in [-0.25, -0.2) is 4.79 Å². The van der Waals surface area contributed by atoms with E-state index in [2.05, 4.69) is 16.0 Å². The van der Waals surface area contributed by atoms with E-state index in [0.29, 0.717) is 11.3 Å². The number of anilines is 1. The number of carbonyl (C=O) groups excluding carboxylic acids is 3. The van der Waals surface area contributed by atoms with E-state index in [1.165, 1.54) is 0 Å². The summed E-state index contributed by atoms with van der Waals surface area (Å²) in [5.74, 6) is -4.44. The van der Waals surface area contributed by atoms with Crippen LogP contribution in [0.1, 0.15) is 18.5 Å². The highest BCUT2D eigenvalue weighted by Gasteiger charge is 2.22. The van der Waals surface area contributed by atoms with E-state index in [4.69, 9.17) is 4.74 Å². The zero-order valence-electron chi connectivity index (χ0n) is 27.5. The molecule has 1 aromatic carbocycles. The molecular formula is C32H45N7O10. The molecule has 268 valence electrons. The Bertz CT molecular complexity index is 1350. The number of nitrogens with one attached hydrogen (secondary N) is 3. The molecular weight excluding hydrogens is 642 g/mol. The summed E-state index contributed by atoms with van der Waals surface area (Å²) >= 11 is 0. The number of aliphatic carboxylic acids is 3. The maximum Gasteiger partial charge on any atom is 0.337 e. The fraction of sp³-hybridized carbons (Fsp3) is 0.500. The summed E-state index contributed by atoms with van der Waals surface area (Å²) in [6.45, 7) is 2.93. The first kappa shape index (κ1) is 38.6. The van der Waals surface area contributed by atoms with Crippen molar-refractivity contribution >= 4 is 41.4 Å². The van der Waals surface area contributed by atoms with Crippen LogP contribution in [0.15, 0.2) is 48.2 Å². The number of esters is 1. The lowest BCUT2D eigenvalue weighted by Crippen LogP contribution is -2.50. The number of dihydropyridines is 1. The van der Waals surface area contributed by atoms with E-state index in [9.17, 15) is 44.1 Å². The topological polar surface area (TPSA) is 221 Å². The van der Waals surface area contributed by atoms with E-state index < -0.39 is 35.7 Å². The molecule has 49 heavy (non-hydrogen) atoms. The van der Waals surface area contributed by atoms with Gasteiger partial charge in [-0.2, -0.15) is 0 Å². The summed E-state index contributed by atoms with van der Waals surface area (Å²) in [5.41, 5.74) is 1.79. The van der Waals surface area contributed by atoms with Gasteiger partial charge in [-0.15, -0.1) is 0 Å². The molecule has 6 N–H and O–H groups in total. The zero-order valence-corrected chi connectivity index (χ0v) is 27.5. The van der Waals surface area contributed by atoms with Crippen LogP contribution in [-0.2, 0) is 33.5 Å². The normalized spacial score (nSPS) is 18.6. The Morgan fingerprint density at radius 2 is 1.20 bits per heavy atom. The molecule has 3 rings (SSSR count). The number of amides is 2. The quantitative estimate of drug-likeness (QED) is 0.127. The number of hydrogen-bond acceptors (Lipinski definition) is 12. The largest absolute Gasteiger partial charge is 0.480 e. The van der Waals surface area contributed by atoms with Crippen molar-refractivity contribution in [1.82, 2.24) is 30.2 Å². The molecule has 1 fully saturated rings. The van der Waals surface area contributed by atoms with Crippen LogP contribution in [0.5, 0.6) is 0 Å². The average molecular weight is 688 g/mol. The van der Waals surface area contributed by atoms with Crippen molar-refractivity contribution in [2.75, 3.05) is 97.0 Å². The van der Waals surface area contributed by atoms with Gasteiger partial charge in [0, 0.05) is 58.0 Å². The van der Waals surface area contributed by atoms with Gasteiger partial charge < -0.3 is 36.0 Å². The highest BCUT2D eigenvalue weighted by atomic mass is 16.5. The van der Waals surface area contributed by atoms with Gasteiger partial charge in [-0.05, 0) is 43.0 Å². The van der Waals surface area contributed by atoms with Crippen LogP contribution in [0, 0.1) is 0 Å². The fourth-order valence-electron chi connectivity index (χ4n) is 5.27. The average Bonchev–Trinajstić information content (AvgIpc) is 3.05. The van der Waals surface area contributed by atoms with Crippen LogP contribution >= 0.6 is 0 Å². The summed E-state index contributed by atoms with van der Waals surface area (Å²) in [5, 5.41) is 36.6. The number of hydrogen-bond donors (Lipinski definition) is 6. The second kappa shape index (κ2) is 19.9. The number of nitrogens with zero attached hydrogens (tertiary/aromatic N) is 4. The number of rotatable bonds is 14. The molecule has 0 spiro atoms. The van der Waals surface area contributed by atoms with Gasteiger partial charge in [-0.3, -0.25) is 43.6 Å². The lowest BCUT2D eigenvalue weighted by Gasteiger charge is -2.32. The maximum absolute atomic E-state index is 12.9. The van der Waals surface area contributed by atoms with E-state index in [1.54, 1.807) is 69.1 Å². The molecule has 1 saturated heterocycles. The van der Waals surface area contributed by atoms with Crippen molar-refractivity contribution in [3.63, 3.8) is 0 Å². The van der Waals surface area contributed by atoms with Crippen LogP contribution < -0.4 is 16.0 Å². The first-order valence-electron chi connectivity index (χ1n) is 15.9. The van der Waals surface area contributed by atoms with Crippen molar-refractivity contribution in [1.29, 1.82) is 0 Å². The second-order valence-corrected chi connectivity index (χ2v) is 11.6. The van der Waals surface area contributed by atoms with Crippen LogP contribution in [0.2, 0.25) is 0 Å². The minimum absolute atomic E-state index is 0.112. The second-order valence-electron chi connectivity index (χ2n) is 11.6. The molecule has 17 nitrogen and oxygen atoms in total. The number of carboxylic acid groups (broad SMARTS) is 3. The Morgan fingerprint density at radius 3 is 1.65 bits per heavy atom. The summed E-state index contributed by atoms with van der Waals surface area (Å²) in [7, 11) is 0. The lowest BCUT2D eigenvalue weighted by molar-refractivity contribution is -0.140. The molecule has 0 aliphatic carbocycles. The lowest BCUT2D eigenvalue weighted by atomic mass is 10.0. The molecule has 0 saturated carbocycles. The molecule has 2 amide bonds. The summed E-state index contributed by atoms with van der Waals surface area (Å²) in [4.78, 5) is 78.6. The van der Waals surface area contributed by atoms with Gasteiger partial charge in [0.2, 0.25) is 11.8 Å². The number of carboxylic acids is 3. The smallest absolute Gasteiger partial charge is 0.337 e. The van der Waals surface area contributed by atoms with E-state index in [-0.39, 0.29) is 97.7 Å². The van der Waals surface area contributed by atoms with Crippen molar-refractivity contribution in [2.45, 2.75) is 13.0 Å². The molecule has 1 unspecified atom stereocenters. The molecule has 2 aliphatic heterocycles. The van der Waals surface area contributed by atoms with Crippen LogP contribution in [0.3, 0.4) is 0 Å². The van der Waals surface area contributed by atoms with E-state index >= 15 is 0 Å². The molecule has 0 bridgehead atoms. The molecule has 17 heteroatoms. The standard InChI is InChI=1S/C32H45N7O10/c1-2-49-32(48)24-7-8-33-26(17-24)23-3-5-25(6-4-23)35-27(40)18-34-28(41)19-36-9-11-37(20-29(42)43)13-15-39(22-31(46)47)16-14-38(12-10-36)21-30(44)45/h3-8,17,26,33H,2,9-16,18-22H2,1H3,(H,34,41)(H,35,40)(H,42,43)(H,44,45)(H,46,47). The minimum atomic E-state index is -1.04. The predicted octanol–water partition coefficient (Wildman–Crippen LogP) is -1.14. The first-order chi connectivity index (χ1) is 23.4. The van der Waals surface area contributed by atoms with Gasteiger partial charge in [0.05, 0.1) is 50.9 Å². The van der Waals surface area contributed by atoms with Gasteiger partial charge in [0.15, 0.2) is 0 Å². The molecule has 0 radical (unpaired) electrons. The predicted molar refractivity (Wildman–Crippen MR) is 176 cm³/mol. The Labute approximate surface area is 284 Å². The van der Waals surface area contributed by atoms with Gasteiger partial charge in [-0.1, -0.05) is 12.1 Å². The first-order valence-corrected chi connectivity index (χ1v) is 15.9. The van der Waals surface area contributed by atoms with Gasteiger partial charge in [0.1, 0.15) is 0 Å². The third-order valence-electron chi connectivity index (χ3n) is 7.77. The Kier molecular flexibility index (Phi) is 15.6. The summed E-state index contributed by atoms with van der Waals surface area (Å²) in [6, 6.07) is 6.74. The van der Waals surface area contributed by atoms with Crippen LogP contribution in [0.25, 0.3) is 0 Å². The molecule has 1 atom stereocenters. The molecule has 0 aromatic heterocycles. The van der Waals surface area contributed by atoms with Crippen molar-refractivity contribution in [2.24, 2.45) is 0 Å². The third-order valence-corrected chi connectivity index (χ3v) is 7.77. The third kappa shape index (κ3) is 14.4. The van der Waals surface area contributed by atoms with Crippen molar-refractivity contribution < 1.29 is 48.8 Å². The SMILES string of the molecule is CCOC(=O)C1=CC(c2ccc(NC(=O)CNC(=O)CN3CCN(CC(=O)O)CCN(CC(=O)O)CCN(CC(=O)O)CC3)cc2)NC=C1. The fourth-order valence-corrected chi connectivity index (χ4v) is 5.27. The van der Waals surface area contributed by atoms with Gasteiger partial charge >= 0.3 is 23.9 Å². The maximum atomic E-state index is 12.9. The van der Waals surface area contributed by atoms with Crippen molar-refractivity contribution in [3.8, 4) is 0 Å². The number of benzene rings is 1. The Balaban J connectivity index is 1.56. The summed E-state index contributed by atoms with van der Waals surface area (Å²) < 4.78 is 5.06. The zero-order chi connectivity index (χ0) is 35.8. The Hall–Kier alpha value is -4.84. The van der Waals surface area contributed by atoms with E-state index in [0.717, 1.165) is 5.56 Å². The molecule has 2 heterocycles. The highest BCUT2D eigenvalue weighted by molar-refractivity contribution is 5.95. The van der Waals surface area contributed by atoms with Crippen LogP contribution in [-0.4, -0.2) is 162 Å². The molecule has 2 aliphatic rings. The summed E-state index contributed by atoms with van der Waals surface area (Å²) in [6.07, 6.45) is 5.06. The van der Waals surface area contributed by atoms with Crippen LogP contribution in [0.4, 0.5) is 5.69 Å². The monoisotopic (exact) mass is 687 g/mol. The van der Waals surface area contributed by atoms with Gasteiger partial charge in [0.25, 0.3) is 0 Å². The Morgan fingerprint density at radius 1 is 0.735 bits per heavy atom. The number of ether oxygens (including phenoxy) is 1.